The number of oxazole rings is 1. The molecule has 0 fully saturated rings. The van der Waals surface area contributed by atoms with Gasteiger partial charge in [0, 0.05) is 18.4 Å². The number of ether oxygens (including phenoxy) is 1. The van der Waals surface area contributed by atoms with E-state index < -0.39 is 22.0 Å². The zero-order valence-corrected chi connectivity index (χ0v) is 21.4. The van der Waals surface area contributed by atoms with Crippen molar-refractivity contribution < 1.29 is 27.5 Å². The highest BCUT2D eigenvalue weighted by Gasteiger charge is 2.42. The molecular weight excluding hydrogens is 516 g/mol. The summed E-state index contributed by atoms with van der Waals surface area (Å²) >= 11 is 6.38. The van der Waals surface area contributed by atoms with Crippen molar-refractivity contribution in [2.45, 2.75) is 30.7 Å². The smallest absolute Gasteiger partial charge is 0.327 e. The highest BCUT2D eigenvalue weighted by molar-refractivity contribution is 7.93. The van der Waals surface area contributed by atoms with E-state index >= 15 is 0 Å². The van der Waals surface area contributed by atoms with Gasteiger partial charge in [0.1, 0.15) is 17.6 Å². The third-order valence-electron chi connectivity index (χ3n) is 6.18. The first kappa shape index (κ1) is 24.9. The van der Waals surface area contributed by atoms with Crippen molar-refractivity contribution in [1.82, 2.24) is 4.98 Å². The van der Waals surface area contributed by atoms with Gasteiger partial charge in [0.25, 0.3) is 10.0 Å². The lowest BCUT2D eigenvalue weighted by atomic mass is 10.1. The lowest BCUT2D eigenvalue weighted by molar-refractivity contribution is -0.138. The normalized spacial score (nSPS) is 15.0. The van der Waals surface area contributed by atoms with Gasteiger partial charge in [0.05, 0.1) is 27.9 Å². The lowest BCUT2D eigenvalue weighted by Crippen LogP contribution is -2.42. The number of benzene rings is 3. The molecule has 37 heavy (non-hydrogen) atoms. The Kier molecular flexibility index (Phi) is 6.66. The minimum atomic E-state index is -4.19. The second-order valence-electron chi connectivity index (χ2n) is 8.57. The number of carbonyl (C=O) groups is 1. The number of carboxylic acid groups (broad SMARTS) is 1. The van der Waals surface area contributed by atoms with Crippen LogP contribution in [0.25, 0.3) is 11.5 Å². The molecule has 1 N–H and O–H groups in total. The Balaban J connectivity index is 1.31. The van der Waals surface area contributed by atoms with E-state index in [1.165, 1.54) is 18.2 Å². The van der Waals surface area contributed by atoms with Crippen LogP contribution in [0.15, 0.2) is 82.1 Å². The van der Waals surface area contributed by atoms with Gasteiger partial charge in [-0.05, 0) is 48.9 Å². The monoisotopic (exact) mass is 538 g/mol. The highest BCUT2D eigenvalue weighted by atomic mass is 35.5. The average Bonchev–Trinajstić information content (AvgIpc) is 3.47. The first-order chi connectivity index (χ1) is 17.8. The number of halogens is 1. The van der Waals surface area contributed by atoms with E-state index in [0.29, 0.717) is 35.1 Å². The molecule has 1 aliphatic heterocycles. The number of aryl methyl sites for hydroxylation is 1. The van der Waals surface area contributed by atoms with Crippen LogP contribution in [0.1, 0.15) is 17.0 Å². The Labute approximate surface area is 219 Å². The fourth-order valence-corrected chi connectivity index (χ4v) is 6.31. The second-order valence-corrected chi connectivity index (χ2v) is 10.8. The predicted molar refractivity (Wildman–Crippen MR) is 139 cm³/mol. The highest BCUT2D eigenvalue weighted by Crippen LogP contribution is 2.38. The largest absolute Gasteiger partial charge is 0.492 e. The van der Waals surface area contributed by atoms with Crippen LogP contribution in [0.4, 0.5) is 5.69 Å². The van der Waals surface area contributed by atoms with E-state index in [2.05, 4.69) is 4.98 Å². The Hall–Kier alpha value is -3.82. The van der Waals surface area contributed by atoms with Gasteiger partial charge < -0.3 is 14.3 Å². The van der Waals surface area contributed by atoms with E-state index in [-0.39, 0.29) is 22.9 Å². The van der Waals surface area contributed by atoms with Crippen molar-refractivity contribution >= 4 is 33.3 Å². The van der Waals surface area contributed by atoms with Crippen LogP contribution in [0.3, 0.4) is 0 Å². The molecule has 0 saturated carbocycles. The fourth-order valence-electron chi connectivity index (χ4n) is 4.34. The number of aromatic nitrogens is 1. The molecule has 0 bridgehead atoms. The molecule has 8 nitrogen and oxygen atoms in total. The summed E-state index contributed by atoms with van der Waals surface area (Å²) < 4.78 is 39.5. The van der Waals surface area contributed by atoms with E-state index in [9.17, 15) is 18.3 Å². The van der Waals surface area contributed by atoms with Gasteiger partial charge in [-0.3, -0.25) is 4.31 Å². The third-order valence-corrected chi connectivity index (χ3v) is 8.29. The number of sulfonamides is 1. The number of rotatable bonds is 8. The zero-order valence-electron chi connectivity index (χ0n) is 19.8. The van der Waals surface area contributed by atoms with Crippen molar-refractivity contribution in [2.24, 2.45) is 0 Å². The summed E-state index contributed by atoms with van der Waals surface area (Å²) in [5.41, 5.74) is 2.64. The van der Waals surface area contributed by atoms with E-state index in [0.717, 1.165) is 15.6 Å². The first-order valence-corrected chi connectivity index (χ1v) is 13.4. The number of aliphatic carboxylic acids is 1. The molecule has 1 aliphatic rings. The van der Waals surface area contributed by atoms with Crippen molar-refractivity contribution in [2.75, 3.05) is 10.9 Å². The predicted octanol–water partition coefficient (Wildman–Crippen LogP) is 5.13. The van der Waals surface area contributed by atoms with Crippen LogP contribution in [0.5, 0.6) is 5.75 Å². The maximum absolute atomic E-state index is 13.5. The van der Waals surface area contributed by atoms with Gasteiger partial charge in [0.2, 0.25) is 5.89 Å². The first-order valence-electron chi connectivity index (χ1n) is 11.5. The molecule has 3 aromatic carbocycles. The molecule has 2 heterocycles. The Morgan fingerprint density at radius 2 is 1.86 bits per heavy atom. The molecule has 0 amide bonds. The Morgan fingerprint density at radius 1 is 1.14 bits per heavy atom. The second kappa shape index (κ2) is 9.91. The molecule has 5 rings (SSSR count). The summed E-state index contributed by atoms with van der Waals surface area (Å²) in [7, 11) is -4.19. The van der Waals surface area contributed by atoms with Gasteiger partial charge >= 0.3 is 5.97 Å². The van der Waals surface area contributed by atoms with Crippen molar-refractivity contribution in [3.05, 3.63) is 94.8 Å². The zero-order chi connectivity index (χ0) is 26.2. The van der Waals surface area contributed by atoms with Crippen LogP contribution in [0, 0.1) is 6.92 Å². The SMILES string of the molecule is Cc1oc(-c2ccccc2)nc1CCOc1ccc(S(=O)(=O)N2c3ccccc3CC2C(=O)O)cc1Cl. The van der Waals surface area contributed by atoms with Gasteiger partial charge in [-0.15, -0.1) is 0 Å². The third kappa shape index (κ3) is 4.80. The van der Waals surface area contributed by atoms with Crippen molar-refractivity contribution in [3.63, 3.8) is 0 Å². The molecule has 190 valence electrons. The summed E-state index contributed by atoms with van der Waals surface area (Å²) in [6.07, 6.45) is 0.552. The van der Waals surface area contributed by atoms with Crippen LogP contribution in [-0.4, -0.2) is 37.1 Å². The number of nitrogens with zero attached hydrogens (tertiary/aromatic N) is 2. The maximum atomic E-state index is 13.5. The molecule has 1 atom stereocenters. The van der Waals surface area contributed by atoms with Crippen molar-refractivity contribution in [1.29, 1.82) is 0 Å². The molecule has 0 radical (unpaired) electrons. The summed E-state index contributed by atoms with van der Waals surface area (Å²) in [6, 6.07) is 19.2. The van der Waals surface area contributed by atoms with Gasteiger partial charge in [-0.2, -0.15) is 0 Å². The molecular formula is C27H23ClN2O6S. The Morgan fingerprint density at radius 3 is 2.59 bits per heavy atom. The minimum Gasteiger partial charge on any atom is -0.492 e. The minimum absolute atomic E-state index is 0.0904. The number of hydrogen-bond acceptors (Lipinski definition) is 6. The summed E-state index contributed by atoms with van der Waals surface area (Å²) in [5.74, 6) is 0.309. The van der Waals surface area contributed by atoms with Gasteiger partial charge in [-0.1, -0.05) is 48.0 Å². The molecule has 0 spiro atoms. The number of carboxylic acids is 1. The van der Waals surface area contributed by atoms with E-state index in [1.807, 2.05) is 37.3 Å². The van der Waals surface area contributed by atoms with Crippen molar-refractivity contribution in [3.8, 4) is 17.2 Å². The topological polar surface area (TPSA) is 110 Å². The maximum Gasteiger partial charge on any atom is 0.327 e. The summed E-state index contributed by atoms with van der Waals surface area (Å²) in [6.45, 7) is 2.08. The number of anilines is 1. The molecule has 1 unspecified atom stereocenters. The van der Waals surface area contributed by atoms with Crippen LogP contribution in [0.2, 0.25) is 5.02 Å². The van der Waals surface area contributed by atoms with Crippen LogP contribution < -0.4 is 9.04 Å². The number of para-hydroxylation sites is 1. The fraction of sp³-hybridized carbons (Fsp3) is 0.185. The standard InChI is InChI=1S/C27H23ClN2O6S/c1-17-22(29-26(36-17)18-7-3-2-4-8-18)13-14-35-25-12-11-20(16-21(25)28)37(33,34)30-23-10-6-5-9-19(23)15-24(30)27(31)32/h2-12,16,24H,13-15H2,1H3,(H,31,32). The lowest BCUT2D eigenvalue weighted by Gasteiger charge is -2.24. The molecule has 1 aromatic heterocycles. The molecule has 0 aliphatic carbocycles. The average molecular weight is 539 g/mol. The molecule has 10 heteroatoms. The Bertz CT molecular complexity index is 1570. The van der Waals surface area contributed by atoms with Crippen LogP contribution >= 0.6 is 11.6 Å². The van der Waals surface area contributed by atoms with Gasteiger partial charge in [-0.25, -0.2) is 18.2 Å². The number of hydrogen-bond donors (Lipinski definition) is 1. The van der Waals surface area contributed by atoms with Gasteiger partial charge in [0.15, 0.2) is 0 Å². The quantitative estimate of drug-likeness (QED) is 0.331. The van der Waals surface area contributed by atoms with E-state index in [1.54, 1.807) is 24.3 Å². The summed E-state index contributed by atoms with van der Waals surface area (Å²) in [5, 5.41) is 9.78. The molecule has 0 saturated heterocycles. The van der Waals surface area contributed by atoms with Crippen LogP contribution in [-0.2, 0) is 27.7 Å². The molecule has 4 aromatic rings. The summed E-state index contributed by atoms with van der Waals surface area (Å²) in [4.78, 5) is 16.3. The number of fused-ring (bicyclic) bond motifs is 1. The van der Waals surface area contributed by atoms with E-state index in [4.69, 9.17) is 20.8 Å².